The summed E-state index contributed by atoms with van der Waals surface area (Å²) >= 11 is 0. The zero-order valence-electron chi connectivity index (χ0n) is 28.6. The second-order valence-corrected chi connectivity index (χ2v) is 14.2. The van der Waals surface area contributed by atoms with Crippen molar-refractivity contribution in [2.75, 3.05) is 4.90 Å². The summed E-state index contributed by atoms with van der Waals surface area (Å²) in [5.74, 6) is 0. The maximum atomic E-state index is 6.49. The van der Waals surface area contributed by atoms with Crippen molar-refractivity contribution in [3.8, 4) is 33.4 Å². The molecule has 2 nitrogen and oxygen atoms in total. The predicted octanol–water partition coefficient (Wildman–Crippen LogP) is 13.8. The lowest BCUT2D eigenvalue weighted by Crippen LogP contribution is -2.17. The van der Waals surface area contributed by atoms with Gasteiger partial charge in [-0.2, -0.15) is 0 Å². The molecule has 0 bridgehead atoms. The number of para-hydroxylation sites is 1. The molecule has 0 N–H and O–H groups in total. The van der Waals surface area contributed by atoms with Gasteiger partial charge in [-0.3, -0.25) is 0 Å². The van der Waals surface area contributed by atoms with Crippen molar-refractivity contribution in [2.24, 2.45) is 0 Å². The van der Waals surface area contributed by atoms with Crippen LogP contribution in [0.25, 0.3) is 66.1 Å². The third-order valence-electron chi connectivity index (χ3n) is 10.9. The largest absolute Gasteiger partial charge is 0.456 e. The fourth-order valence-corrected chi connectivity index (χ4v) is 8.24. The van der Waals surface area contributed by atoms with Crippen LogP contribution in [0.15, 0.2) is 180 Å². The van der Waals surface area contributed by atoms with E-state index in [2.05, 4.69) is 183 Å². The first-order valence-electron chi connectivity index (χ1n) is 17.7. The molecule has 1 aliphatic rings. The zero-order valence-corrected chi connectivity index (χ0v) is 28.6. The summed E-state index contributed by atoms with van der Waals surface area (Å²) in [6, 6.07) is 63.8. The van der Waals surface area contributed by atoms with Crippen LogP contribution in [-0.4, -0.2) is 0 Å². The van der Waals surface area contributed by atoms with E-state index in [0.29, 0.717) is 0 Å². The smallest absolute Gasteiger partial charge is 0.137 e. The monoisotopic (exact) mass is 653 g/mol. The molecule has 0 saturated carbocycles. The van der Waals surface area contributed by atoms with Gasteiger partial charge in [0.25, 0.3) is 0 Å². The van der Waals surface area contributed by atoms with Crippen molar-refractivity contribution < 1.29 is 4.42 Å². The van der Waals surface area contributed by atoms with E-state index in [9.17, 15) is 0 Å². The molecule has 0 spiro atoms. The van der Waals surface area contributed by atoms with Crippen molar-refractivity contribution in [3.63, 3.8) is 0 Å². The van der Waals surface area contributed by atoms with E-state index in [-0.39, 0.29) is 5.41 Å². The van der Waals surface area contributed by atoms with Gasteiger partial charge in [0.2, 0.25) is 0 Å². The molecule has 1 aliphatic carbocycles. The topological polar surface area (TPSA) is 16.4 Å². The van der Waals surface area contributed by atoms with Gasteiger partial charge in [0.1, 0.15) is 11.2 Å². The third-order valence-corrected chi connectivity index (χ3v) is 10.9. The van der Waals surface area contributed by atoms with Gasteiger partial charge >= 0.3 is 0 Å². The first-order chi connectivity index (χ1) is 25.0. The van der Waals surface area contributed by atoms with Crippen LogP contribution in [0.3, 0.4) is 0 Å². The molecule has 1 heterocycles. The van der Waals surface area contributed by atoms with Gasteiger partial charge < -0.3 is 9.32 Å². The molecule has 0 saturated heterocycles. The summed E-state index contributed by atoms with van der Waals surface area (Å²) < 4.78 is 6.49. The molecule has 0 atom stereocenters. The normalized spacial score (nSPS) is 13.1. The van der Waals surface area contributed by atoms with E-state index < -0.39 is 0 Å². The van der Waals surface area contributed by atoms with Crippen LogP contribution in [0.1, 0.15) is 25.0 Å². The molecule has 51 heavy (non-hydrogen) atoms. The minimum absolute atomic E-state index is 0.133. The minimum atomic E-state index is -0.133. The van der Waals surface area contributed by atoms with Crippen LogP contribution in [0, 0.1) is 0 Å². The van der Waals surface area contributed by atoms with Crippen LogP contribution >= 0.6 is 0 Å². The third kappa shape index (κ3) is 4.71. The molecular weight excluding hydrogens is 619 g/mol. The van der Waals surface area contributed by atoms with Crippen molar-refractivity contribution in [2.45, 2.75) is 19.3 Å². The first-order valence-corrected chi connectivity index (χ1v) is 17.7. The zero-order chi connectivity index (χ0) is 34.1. The van der Waals surface area contributed by atoms with Gasteiger partial charge in [-0.15, -0.1) is 0 Å². The minimum Gasteiger partial charge on any atom is -0.456 e. The maximum absolute atomic E-state index is 6.49. The SMILES string of the molecule is CC1(C)c2ccccc2-c2ccc(N(c3ccc4c(c3)oc3ccccc34)c3cc(-c4ccc5ccccc5c4)ccc3-c3ccccc3)cc21. The van der Waals surface area contributed by atoms with Crippen LogP contribution < -0.4 is 4.90 Å². The summed E-state index contributed by atoms with van der Waals surface area (Å²) in [7, 11) is 0. The van der Waals surface area contributed by atoms with E-state index in [4.69, 9.17) is 4.42 Å². The molecule has 8 aromatic carbocycles. The van der Waals surface area contributed by atoms with E-state index in [1.165, 1.54) is 49.7 Å². The van der Waals surface area contributed by atoms with Gasteiger partial charge in [0, 0.05) is 39.2 Å². The Kier molecular flexibility index (Phi) is 6.56. The van der Waals surface area contributed by atoms with Crippen LogP contribution in [0.4, 0.5) is 17.1 Å². The average molecular weight is 654 g/mol. The molecule has 242 valence electrons. The molecule has 0 fully saturated rings. The molecule has 2 heteroatoms. The fraction of sp³-hybridized carbons (Fsp3) is 0.0612. The summed E-state index contributed by atoms with van der Waals surface area (Å²) in [6.45, 7) is 4.70. The van der Waals surface area contributed by atoms with Crippen molar-refractivity contribution in [1.29, 1.82) is 0 Å². The number of furan rings is 1. The van der Waals surface area contributed by atoms with Gasteiger partial charge in [-0.1, -0.05) is 141 Å². The molecule has 0 amide bonds. The number of rotatable bonds is 5. The van der Waals surface area contributed by atoms with Gasteiger partial charge in [0.15, 0.2) is 0 Å². The molecule has 9 aromatic rings. The van der Waals surface area contributed by atoms with Crippen LogP contribution in [0.5, 0.6) is 0 Å². The highest BCUT2D eigenvalue weighted by molar-refractivity contribution is 6.06. The number of hydrogen-bond acceptors (Lipinski definition) is 2. The van der Waals surface area contributed by atoms with Crippen LogP contribution in [-0.2, 0) is 5.41 Å². The lowest BCUT2D eigenvalue weighted by Gasteiger charge is -2.30. The Balaban J connectivity index is 1.24. The highest BCUT2D eigenvalue weighted by Crippen LogP contribution is 2.52. The highest BCUT2D eigenvalue weighted by Gasteiger charge is 2.36. The Morgan fingerprint density at radius 2 is 1.06 bits per heavy atom. The number of nitrogens with zero attached hydrogens (tertiary/aromatic N) is 1. The Morgan fingerprint density at radius 3 is 1.96 bits per heavy atom. The van der Waals surface area contributed by atoms with E-state index >= 15 is 0 Å². The Labute approximate surface area is 297 Å². The second kappa shape index (κ2) is 11.3. The Hall–Kier alpha value is -6.38. The molecule has 10 rings (SSSR count). The van der Waals surface area contributed by atoms with Crippen molar-refractivity contribution in [3.05, 3.63) is 187 Å². The molecule has 1 aromatic heterocycles. The van der Waals surface area contributed by atoms with E-state index in [0.717, 1.165) is 44.6 Å². The first kappa shape index (κ1) is 29.5. The van der Waals surface area contributed by atoms with Crippen molar-refractivity contribution in [1.82, 2.24) is 0 Å². The van der Waals surface area contributed by atoms with E-state index in [1.807, 2.05) is 12.1 Å². The number of benzene rings is 8. The fourth-order valence-electron chi connectivity index (χ4n) is 8.24. The molecule has 0 aliphatic heterocycles. The Bertz CT molecular complexity index is 2790. The van der Waals surface area contributed by atoms with Gasteiger partial charge in [-0.25, -0.2) is 0 Å². The lowest BCUT2D eigenvalue weighted by atomic mass is 9.82. The number of anilines is 3. The average Bonchev–Trinajstić information content (AvgIpc) is 3.66. The summed E-state index contributed by atoms with van der Waals surface area (Å²) in [4.78, 5) is 2.43. The number of hydrogen-bond donors (Lipinski definition) is 0. The molecular formula is C49H35NO. The second-order valence-electron chi connectivity index (χ2n) is 14.2. The molecule has 0 unspecified atom stereocenters. The number of fused-ring (bicyclic) bond motifs is 7. The predicted molar refractivity (Wildman–Crippen MR) is 214 cm³/mol. The quantitative estimate of drug-likeness (QED) is 0.184. The van der Waals surface area contributed by atoms with Gasteiger partial charge in [-0.05, 0) is 92.2 Å². The van der Waals surface area contributed by atoms with E-state index in [1.54, 1.807) is 0 Å². The molecule has 0 radical (unpaired) electrons. The lowest BCUT2D eigenvalue weighted by molar-refractivity contribution is 0.660. The maximum Gasteiger partial charge on any atom is 0.137 e. The van der Waals surface area contributed by atoms with Crippen LogP contribution in [0.2, 0.25) is 0 Å². The summed E-state index contributed by atoms with van der Waals surface area (Å²) in [5, 5.41) is 4.72. The van der Waals surface area contributed by atoms with Crippen molar-refractivity contribution >= 4 is 49.8 Å². The Morgan fingerprint density at radius 1 is 0.412 bits per heavy atom. The standard InChI is InChI=1S/C49H35NO/c1-49(2)44-18-10-8-16-40(44)41-26-23-37(30-45(41)49)50(38-24-27-43-42-17-9-11-19-47(42)51-48(43)31-38)46-29-36(22-25-39(46)33-13-4-3-5-14-33)35-21-20-32-12-6-7-15-34(32)28-35/h3-31H,1-2H3. The summed E-state index contributed by atoms with van der Waals surface area (Å²) in [6.07, 6.45) is 0. The van der Waals surface area contributed by atoms with Gasteiger partial charge in [0.05, 0.1) is 5.69 Å². The summed E-state index contributed by atoms with van der Waals surface area (Å²) in [5.41, 5.74) is 14.9. The highest BCUT2D eigenvalue weighted by atomic mass is 16.3.